The summed E-state index contributed by atoms with van der Waals surface area (Å²) in [5, 5.41) is 2.86. The second-order valence-corrected chi connectivity index (χ2v) is 6.77. The molecule has 0 saturated heterocycles. The molecule has 2 N–H and O–H groups in total. The van der Waals surface area contributed by atoms with Gasteiger partial charge in [-0.2, -0.15) is 0 Å². The molecule has 2 rings (SSSR count). The summed E-state index contributed by atoms with van der Waals surface area (Å²) in [6.45, 7) is 1.87. The molecule has 6 heteroatoms. The maximum Gasteiger partial charge on any atom is 0.253 e. The highest BCUT2D eigenvalue weighted by atomic mass is 32.2. The van der Waals surface area contributed by atoms with E-state index < -0.39 is 10.0 Å². The van der Waals surface area contributed by atoms with Gasteiger partial charge in [-0.25, -0.2) is 8.42 Å². The van der Waals surface area contributed by atoms with E-state index in [2.05, 4.69) is 10.0 Å². The van der Waals surface area contributed by atoms with Gasteiger partial charge in [0.2, 0.25) is 10.0 Å². The van der Waals surface area contributed by atoms with Crippen molar-refractivity contribution in [2.75, 3.05) is 11.0 Å². The summed E-state index contributed by atoms with van der Waals surface area (Å²) < 4.78 is 25.1. The Hall–Kier alpha value is -2.34. The van der Waals surface area contributed by atoms with E-state index in [1.54, 1.807) is 24.3 Å². The van der Waals surface area contributed by atoms with Crippen molar-refractivity contribution in [3.8, 4) is 0 Å². The van der Waals surface area contributed by atoms with E-state index in [1.807, 2.05) is 37.3 Å². The standard InChI is InChI=1S/C16H18N2O3S/c1-12(13-8-4-3-5-9-13)17-16(19)14-10-6-7-11-15(14)18-22(2,20)21/h3-12,18H,1-2H3,(H,17,19). The predicted octanol–water partition coefficient (Wildman–Crippen LogP) is 2.55. The Labute approximate surface area is 130 Å². The molecule has 0 aliphatic carbocycles. The van der Waals surface area contributed by atoms with Crippen LogP contribution >= 0.6 is 0 Å². The third-order valence-electron chi connectivity index (χ3n) is 3.11. The van der Waals surface area contributed by atoms with E-state index in [0.717, 1.165) is 11.8 Å². The van der Waals surface area contributed by atoms with Gasteiger partial charge < -0.3 is 5.32 Å². The largest absolute Gasteiger partial charge is 0.345 e. The zero-order valence-corrected chi connectivity index (χ0v) is 13.2. The van der Waals surface area contributed by atoms with Gasteiger partial charge in [0.15, 0.2) is 0 Å². The Morgan fingerprint density at radius 2 is 1.59 bits per heavy atom. The first-order valence-corrected chi connectivity index (χ1v) is 8.68. The first-order valence-electron chi connectivity index (χ1n) is 6.79. The van der Waals surface area contributed by atoms with Crippen molar-refractivity contribution >= 4 is 21.6 Å². The summed E-state index contributed by atoms with van der Waals surface area (Å²) in [4.78, 5) is 12.4. The summed E-state index contributed by atoms with van der Waals surface area (Å²) in [6.07, 6.45) is 1.05. The van der Waals surface area contributed by atoms with Crippen molar-refractivity contribution in [2.45, 2.75) is 13.0 Å². The van der Waals surface area contributed by atoms with Crippen LogP contribution in [0.25, 0.3) is 0 Å². The van der Waals surface area contributed by atoms with Crippen molar-refractivity contribution in [2.24, 2.45) is 0 Å². The van der Waals surface area contributed by atoms with E-state index >= 15 is 0 Å². The molecule has 1 amide bonds. The number of sulfonamides is 1. The number of para-hydroxylation sites is 1. The number of rotatable bonds is 5. The lowest BCUT2D eigenvalue weighted by Crippen LogP contribution is -2.27. The number of nitrogens with one attached hydrogen (secondary N) is 2. The third kappa shape index (κ3) is 4.33. The first kappa shape index (κ1) is 16.0. The van der Waals surface area contributed by atoms with Crippen LogP contribution in [0.3, 0.4) is 0 Å². The first-order chi connectivity index (χ1) is 10.4. The SMILES string of the molecule is CC(NC(=O)c1ccccc1NS(C)(=O)=O)c1ccccc1. The zero-order chi connectivity index (χ0) is 16.2. The molecule has 0 aliphatic rings. The van der Waals surface area contributed by atoms with Crippen molar-refractivity contribution in [1.82, 2.24) is 5.32 Å². The van der Waals surface area contributed by atoms with E-state index in [9.17, 15) is 13.2 Å². The van der Waals surface area contributed by atoms with Gasteiger partial charge in [0.25, 0.3) is 5.91 Å². The average Bonchev–Trinajstić information content (AvgIpc) is 2.47. The number of benzene rings is 2. The van der Waals surface area contributed by atoms with Gasteiger partial charge in [0, 0.05) is 0 Å². The molecule has 5 nitrogen and oxygen atoms in total. The highest BCUT2D eigenvalue weighted by Crippen LogP contribution is 2.18. The highest BCUT2D eigenvalue weighted by Gasteiger charge is 2.16. The van der Waals surface area contributed by atoms with Crippen LogP contribution in [0.4, 0.5) is 5.69 Å². The van der Waals surface area contributed by atoms with Crippen LogP contribution in [0.5, 0.6) is 0 Å². The Morgan fingerprint density at radius 3 is 2.23 bits per heavy atom. The van der Waals surface area contributed by atoms with E-state index in [0.29, 0.717) is 0 Å². The lowest BCUT2D eigenvalue weighted by Gasteiger charge is -2.16. The number of hydrogen-bond donors (Lipinski definition) is 2. The summed E-state index contributed by atoms with van der Waals surface area (Å²) in [5.41, 5.74) is 1.53. The highest BCUT2D eigenvalue weighted by molar-refractivity contribution is 7.92. The Bertz CT molecular complexity index is 758. The summed E-state index contributed by atoms with van der Waals surface area (Å²) >= 11 is 0. The minimum Gasteiger partial charge on any atom is -0.345 e. The molecule has 22 heavy (non-hydrogen) atoms. The number of carbonyl (C=O) groups excluding carboxylic acids is 1. The number of anilines is 1. The molecule has 0 aromatic heterocycles. The second-order valence-electron chi connectivity index (χ2n) is 5.03. The summed E-state index contributed by atoms with van der Waals surface area (Å²) in [6, 6.07) is 15.9. The van der Waals surface area contributed by atoms with Gasteiger partial charge in [-0.3, -0.25) is 9.52 Å². The van der Waals surface area contributed by atoms with Crippen molar-refractivity contribution in [3.05, 3.63) is 65.7 Å². The van der Waals surface area contributed by atoms with Gasteiger partial charge in [-0.1, -0.05) is 42.5 Å². The molecule has 0 radical (unpaired) electrons. The fraction of sp³-hybridized carbons (Fsp3) is 0.188. The molecule has 0 bridgehead atoms. The Balaban J connectivity index is 2.20. The zero-order valence-electron chi connectivity index (χ0n) is 12.4. The molecule has 2 aromatic carbocycles. The van der Waals surface area contributed by atoms with Crippen LogP contribution in [0, 0.1) is 0 Å². The molecule has 0 saturated carbocycles. The molecule has 0 heterocycles. The van der Waals surface area contributed by atoms with Crippen molar-refractivity contribution in [3.63, 3.8) is 0 Å². The number of hydrogen-bond acceptors (Lipinski definition) is 3. The van der Waals surface area contributed by atoms with Gasteiger partial charge in [0.05, 0.1) is 23.5 Å². The minimum atomic E-state index is -3.44. The Kier molecular flexibility index (Phi) is 4.82. The molecular weight excluding hydrogens is 300 g/mol. The van der Waals surface area contributed by atoms with Gasteiger partial charge in [0.1, 0.15) is 0 Å². The minimum absolute atomic E-state index is 0.181. The topological polar surface area (TPSA) is 75.3 Å². The van der Waals surface area contributed by atoms with Crippen molar-refractivity contribution < 1.29 is 13.2 Å². The molecule has 1 unspecified atom stereocenters. The quantitative estimate of drug-likeness (QED) is 0.889. The predicted molar refractivity (Wildman–Crippen MR) is 87.2 cm³/mol. The van der Waals surface area contributed by atoms with Crippen LogP contribution in [0.15, 0.2) is 54.6 Å². The third-order valence-corrected chi connectivity index (χ3v) is 3.70. The van der Waals surface area contributed by atoms with Crippen LogP contribution < -0.4 is 10.0 Å². The summed E-state index contributed by atoms with van der Waals surface area (Å²) in [5.74, 6) is -0.330. The smallest absolute Gasteiger partial charge is 0.253 e. The maximum atomic E-state index is 12.4. The maximum absolute atomic E-state index is 12.4. The van der Waals surface area contributed by atoms with Crippen LogP contribution in [-0.4, -0.2) is 20.6 Å². The Morgan fingerprint density at radius 1 is 1.00 bits per heavy atom. The molecular formula is C16H18N2O3S. The fourth-order valence-electron chi connectivity index (χ4n) is 2.07. The summed E-state index contributed by atoms with van der Waals surface area (Å²) in [7, 11) is -3.44. The number of carbonyl (C=O) groups is 1. The van der Waals surface area contributed by atoms with Gasteiger partial charge in [-0.05, 0) is 24.6 Å². The molecule has 0 fully saturated rings. The monoisotopic (exact) mass is 318 g/mol. The lowest BCUT2D eigenvalue weighted by molar-refractivity contribution is 0.0941. The molecule has 0 aliphatic heterocycles. The normalized spacial score (nSPS) is 12.5. The van der Waals surface area contributed by atoms with E-state index in [1.165, 1.54) is 0 Å². The fourth-order valence-corrected chi connectivity index (χ4v) is 2.65. The van der Waals surface area contributed by atoms with Crippen LogP contribution in [0.1, 0.15) is 28.9 Å². The molecule has 0 spiro atoms. The molecule has 1 atom stereocenters. The second kappa shape index (κ2) is 6.62. The number of amides is 1. The average molecular weight is 318 g/mol. The van der Waals surface area contributed by atoms with E-state index in [4.69, 9.17) is 0 Å². The van der Waals surface area contributed by atoms with Crippen LogP contribution in [-0.2, 0) is 10.0 Å². The van der Waals surface area contributed by atoms with Crippen molar-refractivity contribution in [1.29, 1.82) is 0 Å². The molecule has 2 aromatic rings. The van der Waals surface area contributed by atoms with Gasteiger partial charge in [-0.15, -0.1) is 0 Å². The van der Waals surface area contributed by atoms with E-state index in [-0.39, 0.29) is 23.2 Å². The van der Waals surface area contributed by atoms with Gasteiger partial charge >= 0.3 is 0 Å². The molecule has 116 valence electrons. The lowest BCUT2D eigenvalue weighted by atomic mass is 10.1. The van der Waals surface area contributed by atoms with Crippen LogP contribution in [0.2, 0.25) is 0 Å².